The van der Waals surface area contributed by atoms with E-state index in [2.05, 4.69) is 16.0 Å². The van der Waals surface area contributed by atoms with Gasteiger partial charge in [0.2, 0.25) is 24.0 Å². The second kappa shape index (κ2) is 19.0. The fourth-order valence-corrected chi connectivity index (χ4v) is 5.37. The van der Waals surface area contributed by atoms with Gasteiger partial charge in [-0.3, -0.25) is 38.2 Å². The van der Waals surface area contributed by atoms with Gasteiger partial charge in [-0.2, -0.15) is 8.42 Å². The summed E-state index contributed by atoms with van der Waals surface area (Å²) in [4.78, 5) is 85.2. The van der Waals surface area contributed by atoms with Gasteiger partial charge in [-0.25, -0.2) is 4.79 Å². The number of carboxylic acid groups (broad SMARTS) is 1. The molecular formula is C31H38N4O17S. The van der Waals surface area contributed by atoms with E-state index in [9.17, 15) is 67.0 Å². The molecule has 21 nitrogen and oxygen atoms in total. The van der Waals surface area contributed by atoms with E-state index in [1.54, 1.807) is 6.92 Å². The number of imide groups is 1. The highest BCUT2D eigenvalue weighted by atomic mass is 32.2. The number of nitrogens with one attached hydrogen (secondary N) is 3. The number of aliphatic hydroxyl groups is 3. The average molecular weight is 771 g/mol. The monoisotopic (exact) mass is 770 g/mol. The fourth-order valence-electron chi connectivity index (χ4n) is 4.71. The number of ether oxygens (including phenoxy) is 3. The molecule has 5 amide bonds. The van der Waals surface area contributed by atoms with Gasteiger partial charge in [0.15, 0.2) is 6.10 Å². The highest BCUT2D eigenvalue weighted by molar-refractivity contribution is 7.85. The van der Waals surface area contributed by atoms with E-state index < -0.39 is 113 Å². The minimum atomic E-state index is -4.82. The molecule has 1 fully saturated rings. The van der Waals surface area contributed by atoms with Crippen LogP contribution < -0.4 is 20.7 Å². The minimum Gasteiger partial charge on any atom is -0.479 e. The lowest BCUT2D eigenvalue weighted by Gasteiger charge is -2.38. The van der Waals surface area contributed by atoms with Gasteiger partial charge in [0.1, 0.15) is 42.5 Å². The number of benzene rings is 1. The van der Waals surface area contributed by atoms with Crippen LogP contribution in [0.5, 0.6) is 5.75 Å². The summed E-state index contributed by atoms with van der Waals surface area (Å²) in [5.41, 5.74) is 0.315. The first-order valence-corrected chi connectivity index (χ1v) is 17.4. The second-order valence-corrected chi connectivity index (χ2v) is 12.9. The van der Waals surface area contributed by atoms with E-state index in [-0.39, 0.29) is 31.0 Å². The Kier molecular flexibility index (Phi) is 15.1. The van der Waals surface area contributed by atoms with Crippen molar-refractivity contribution in [2.45, 2.75) is 62.9 Å². The molecule has 0 aliphatic carbocycles. The Morgan fingerprint density at radius 2 is 1.68 bits per heavy atom. The first-order chi connectivity index (χ1) is 24.9. The first kappa shape index (κ1) is 42.2. The van der Waals surface area contributed by atoms with Crippen molar-refractivity contribution in [1.82, 2.24) is 15.5 Å². The molecule has 0 radical (unpaired) electrons. The van der Waals surface area contributed by atoms with Crippen molar-refractivity contribution >= 4 is 63.4 Å². The van der Waals surface area contributed by atoms with Crippen molar-refractivity contribution < 1.29 is 81.2 Å². The number of carboxylic acids is 1. The van der Waals surface area contributed by atoms with Crippen molar-refractivity contribution in [2.75, 3.05) is 30.8 Å². The van der Waals surface area contributed by atoms with Crippen LogP contribution >= 0.6 is 0 Å². The molecule has 1 aromatic rings. The van der Waals surface area contributed by atoms with Gasteiger partial charge in [-0.05, 0) is 23.8 Å². The molecule has 53 heavy (non-hydrogen) atoms. The normalized spacial score (nSPS) is 22.0. The van der Waals surface area contributed by atoms with E-state index in [1.807, 2.05) is 0 Å². The molecule has 0 bridgehead atoms. The van der Waals surface area contributed by atoms with Crippen LogP contribution in [0.4, 0.5) is 5.69 Å². The molecule has 0 unspecified atom stereocenters. The van der Waals surface area contributed by atoms with Gasteiger partial charge >= 0.3 is 11.9 Å². The standard InChI is InChI=1S/C31H38N4O17S/c1-2-24(40)50-13-3-4-16-5-6-19(51-31-27(43)25(41)26(42)28(52-31)30(45)46)17(14-16)33-20(36)9-11-32-29(44)18(15-53(47,48)49)34-21(37)10-12-35-22(38)7-8-23(35)39/h3-8,14,18,25-28,31,41-43H,2,9-13,15H2,1H3,(H,32,44)(H,33,36)(H,34,37)(H,45,46)(H,47,48,49)/b4-3+/t18-,25-,26-,27+,28-,31+/m0/s1. The van der Waals surface area contributed by atoms with E-state index in [1.165, 1.54) is 30.4 Å². The third-order valence-corrected chi connectivity index (χ3v) is 8.17. The lowest BCUT2D eigenvalue weighted by atomic mass is 9.99. The summed E-state index contributed by atoms with van der Waals surface area (Å²) in [6.07, 6.45) is -5.62. The van der Waals surface area contributed by atoms with Crippen molar-refractivity contribution in [1.29, 1.82) is 0 Å². The molecule has 1 saturated heterocycles. The third-order valence-electron chi connectivity index (χ3n) is 7.42. The van der Waals surface area contributed by atoms with Gasteiger partial charge in [0.25, 0.3) is 21.9 Å². The number of carbonyl (C=O) groups excluding carboxylic acids is 6. The molecule has 1 aromatic carbocycles. The number of amides is 5. The molecule has 2 aliphatic heterocycles. The predicted molar refractivity (Wildman–Crippen MR) is 177 cm³/mol. The van der Waals surface area contributed by atoms with Gasteiger partial charge in [0.05, 0.1) is 5.69 Å². The number of aliphatic carboxylic acids is 1. The average Bonchev–Trinajstić information content (AvgIpc) is 3.41. The lowest BCUT2D eigenvalue weighted by Crippen LogP contribution is -2.61. The summed E-state index contributed by atoms with van der Waals surface area (Å²) in [6, 6.07) is 2.26. The maximum Gasteiger partial charge on any atom is 0.335 e. The van der Waals surface area contributed by atoms with Gasteiger partial charge in [-0.15, -0.1) is 0 Å². The van der Waals surface area contributed by atoms with Crippen LogP contribution in [0.3, 0.4) is 0 Å². The molecule has 0 spiro atoms. The number of nitrogens with zero attached hydrogens (tertiary/aromatic N) is 1. The maximum atomic E-state index is 13.0. The Labute approximate surface area is 301 Å². The molecular weight excluding hydrogens is 732 g/mol. The third kappa shape index (κ3) is 12.7. The zero-order chi connectivity index (χ0) is 39.5. The summed E-state index contributed by atoms with van der Waals surface area (Å²) in [6.45, 7) is 0.704. The number of carbonyl (C=O) groups is 7. The van der Waals surface area contributed by atoms with Crippen LogP contribution in [0.2, 0.25) is 0 Å². The molecule has 0 saturated carbocycles. The van der Waals surface area contributed by atoms with Crippen molar-refractivity contribution in [3.63, 3.8) is 0 Å². The molecule has 0 aromatic heterocycles. The van der Waals surface area contributed by atoms with E-state index in [0.717, 1.165) is 17.1 Å². The van der Waals surface area contributed by atoms with Crippen LogP contribution in [0.1, 0.15) is 31.7 Å². The highest BCUT2D eigenvalue weighted by Crippen LogP contribution is 2.31. The molecule has 290 valence electrons. The number of esters is 1. The molecule has 6 atom stereocenters. The molecule has 8 N–H and O–H groups in total. The Bertz CT molecular complexity index is 1730. The van der Waals surface area contributed by atoms with Crippen molar-refractivity contribution in [2.24, 2.45) is 0 Å². The van der Waals surface area contributed by atoms with Crippen molar-refractivity contribution in [3.8, 4) is 5.75 Å². The lowest BCUT2D eigenvalue weighted by molar-refractivity contribution is -0.271. The number of rotatable bonds is 18. The van der Waals surface area contributed by atoms with Crippen LogP contribution in [-0.2, 0) is 53.2 Å². The smallest absolute Gasteiger partial charge is 0.335 e. The quantitative estimate of drug-likeness (QED) is 0.0420. The van der Waals surface area contributed by atoms with E-state index in [4.69, 9.17) is 14.2 Å². The van der Waals surface area contributed by atoms with Gasteiger partial charge in [-0.1, -0.05) is 19.1 Å². The summed E-state index contributed by atoms with van der Waals surface area (Å²) in [7, 11) is -4.82. The van der Waals surface area contributed by atoms with E-state index >= 15 is 0 Å². The van der Waals surface area contributed by atoms with Crippen LogP contribution in [0.25, 0.3) is 6.08 Å². The highest BCUT2D eigenvalue weighted by Gasteiger charge is 2.48. The molecule has 22 heteroatoms. The first-order valence-electron chi connectivity index (χ1n) is 15.8. The molecule has 2 aliphatic rings. The number of hydrogen-bond donors (Lipinski definition) is 8. The predicted octanol–water partition coefficient (Wildman–Crippen LogP) is -2.94. The van der Waals surface area contributed by atoms with Gasteiger partial charge < -0.3 is 50.6 Å². The Morgan fingerprint density at radius 3 is 2.30 bits per heavy atom. The number of aliphatic hydroxyl groups excluding tert-OH is 3. The second-order valence-electron chi connectivity index (χ2n) is 11.4. The van der Waals surface area contributed by atoms with E-state index in [0.29, 0.717) is 5.56 Å². The van der Waals surface area contributed by atoms with Crippen molar-refractivity contribution in [3.05, 3.63) is 42.0 Å². The summed E-state index contributed by atoms with van der Waals surface area (Å²) in [5, 5.41) is 46.7. The van der Waals surface area contributed by atoms with Crippen LogP contribution in [0.15, 0.2) is 36.4 Å². The zero-order valence-corrected chi connectivity index (χ0v) is 28.8. The number of anilines is 1. The Hall–Kier alpha value is -5.26. The fraction of sp³-hybridized carbons (Fsp3) is 0.452. The Balaban J connectivity index is 1.69. The number of hydrogen-bond acceptors (Lipinski definition) is 15. The summed E-state index contributed by atoms with van der Waals surface area (Å²) >= 11 is 0. The minimum absolute atomic E-state index is 0.0838. The topological polar surface area (TPSA) is 322 Å². The zero-order valence-electron chi connectivity index (χ0n) is 27.9. The SMILES string of the molecule is CCC(=O)OC/C=C/c1ccc(O[C@@H]2O[C@H](C(=O)O)[C@@H](O)[C@H](O)[C@H]2O)c(NC(=O)CCNC(=O)[C@H](CS(=O)(=O)O)NC(=O)CCN2C(=O)C=CC2=O)c1. The Morgan fingerprint density at radius 1 is 1.00 bits per heavy atom. The van der Waals surface area contributed by atoms with Gasteiger partial charge in [0, 0.05) is 44.5 Å². The van der Waals surface area contributed by atoms with Crippen LogP contribution in [0, 0.1) is 0 Å². The maximum absolute atomic E-state index is 13.0. The largest absolute Gasteiger partial charge is 0.479 e. The molecule has 3 rings (SSSR count). The molecule has 2 heterocycles. The van der Waals surface area contributed by atoms with Crippen LogP contribution in [-0.4, -0.2) is 142 Å². The summed E-state index contributed by atoms with van der Waals surface area (Å²) < 4.78 is 48.1. The summed E-state index contributed by atoms with van der Waals surface area (Å²) in [5.74, 6) is -7.76.